The van der Waals surface area contributed by atoms with E-state index in [1.807, 2.05) is 27.7 Å². The van der Waals surface area contributed by atoms with Gasteiger partial charge in [-0.1, -0.05) is 27.7 Å². The smallest absolute Gasteiger partial charge is 0.225 e. The minimum atomic E-state index is -0.534. The van der Waals surface area contributed by atoms with Crippen LogP contribution in [0.5, 0.6) is 0 Å². The predicted molar refractivity (Wildman–Crippen MR) is 69.5 cm³/mol. The Morgan fingerprint density at radius 2 is 1.35 bits per heavy atom. The third kappa shape index (κ3) is 3.45. The number of carbonyl (C=O) groups excluding carboxylic acids is 2. The van der Waals surface area contributed by atoms with Crippen molar-refractivity contribution in [3.63, 3.8) is 0 Å². The molecule has 0 fully saturated rings. The lowest BCUT2D eigenvalue weighted by molar-refractivity contribution is -0.137. The van der Waals surface area contributed by atoms with Crippen molar-refractivity contribution in [3.8, 4) is 0 Å². The third-order valence-corrected chi connectivity index (χ3v) is 3.68. The minimum Gasteiger partial charge on any atom is -0.359 e. The first-order chi connectivity index (χ1) is 7.79. The molecular formula is C13H26N2O2. The monoisotopic (exact) mass is 242 g/mol. The van der Waals surface area contributed by atoms with Gasteiger partial charge in [-0.05, 0) is 19.3 Å². The maximum atomic E-state index is 12.0. The van der Waals surface area contributed by atoms with Crippen molar-refractivity contribution in [1.29, 1.82) is 0 Å². The van der Waals surface area contributed by atoms with E-state index in [0.29, 0.717) is 6.42 Å². The van der Waals surface area contributed by atoms with Gasteiger partial charge in [0.15, 0.2) is 0 Å². The van der Waals surface area contributed by atoms with Crippen LogP contribution in [0.1, 0.15) is 47.0 Å². The zero-order valence-corrected chi connectivity index (χ0v) is 11.9. The quantitative estimate of drug-likeness (QED) is 0.745. The van der Waals surface area contributed by atoms with E-state index in [0.717, 1.165) is 12.8 Å². The first-order valence-electron chi connectivity index (χ1n) is 6.24. The first-order valence-corrected chi connectivity index (χ1v) is 6.24. The Balaban J connectivity index is 5.12. The molecule has 0 aliphatic heterocycles. The summed E-state index contributed by atoms with van der Waals surface area (Å²) in [5, 5.41) is 5.38. The van der Waals surface area contributed by atoms with Crippen LogP contribution in [0.4, 0.5) is 0 Å². The van der Waals surface area contributed by atoms with Crippen LogP contribution in [-0.2, 0) is 9.59 Å². The van der Waals surface area contributed by atoms with E-state index in [4.69, 9.17) is 0 Å². The van der Waals surface area contributed by atoms with Gasteiger partial charge in [-0.15, -0.1) is 0 Å². The van der Waals surface area contributed by atoms with Crippen molar-refractivity contribution >= 4 is 11.8 Å². The van der Waals surface area contributed by atoms with Gasteiger partial charge in [-0.25, -0.2) is 0 Å². The molecule has 2 amide bonds. The summed E-state index contributed by atoms with van der Waals surface area (Å²) in [5.41, 5.74) is -0.988. The number of hydrogen-bond acceptors (Lipinski definition) is 2. The van der Waals surface area contributed by atoms with Crippen LogP contribution in [0.25, 0.3) is 0 Å². The van der Waals surface area contributed by atoms with Crippen molar-refractivity contribution in [2.75, 3.05) is 14.1 Å². The molecule has 0 rings (SSSR count). The lowest BCUT2D eigenvalue weighted by Crippen LogP contribution is -2.45. The average molecular weight is 242 g/mol. The van der Waals surface area contributed by atoms with E-state index in [1.165, 1.54) is 0 Å². The molecule has 0 heterocycles. The molecule has 0 aromatic rings. The Morgan fingerprint density at radius 3 is 1.65 bits per heavy atom. The third-order valence-electron chi connectivity index (χ3n) is 3.68. The molecule has 0 spiro atoms. The van der Waals surface area contributed by atoms with Crippen LogP contribution in [0.2, 0.25) is 0 Å². The van der Waals surface area contributed by atoms with Crippen LogP contribution in [-0.4, -0.2) is 25.9 Å². The molecule has 100 valence electrons. The summed E-state index contributed by atoms with van der Waals surface area (Å²) < 4.78 is 0. The Bertz CT molecular complexity index is 281. The Labute approximate surface area is 105 Å². The second-order valence-electron chi connectivity index (χ2n) is 5.21. The highest BCUT2D eigenvalue weighted by atomic mass is 16.2. The van der Waals surface area contributed by atoms with Gasteiger partial charge in [0.25, 0.3) is 0 Å². The average Bonchev–Trinajstić information content (AvgIpc) is 2.33. The maximum Gasteiger partial charge on any atom is 0.225 e. The molecule has 0 aromatic heterocycles. The summed E-state index contributed by atoms with van der Waals surface area (Å²) in [5.74, 6) is 0.00663. The minimum absolute atomic E-state index is 0.0207. The molecule has 0 aliphatic carbocycles. The van der Waals surface area contributed by atoms with Crippen molar-refractivity contribution in [1.82, 2.24) is 10.6 Å². The van der Waals surface area contributed by atoms with Crippen LogP contribution >= 0.6 is 0 Å². The van der Waals surface area contributed by atoms with Crippen LogP contribution in [0, 0.1) is 10.8 Å². The summed E-state index contributed by atoms with van der Waals surface area (Å²) in [6.07, 6.45) is 2.04. The van der Waals surface area contributed by atoms with Crippen molar-refractivity contribution < 1.29 is 9.59 Å². The molecule has 2 N–H and O–H groups in total. The van der Waals surface area contributed by atoms with Gasteiger partial charge in [-0.3, -0.25) is 9.59 Å². The maximum absolute atomic E-state index is 12.0. The fraction of sp³-hybridized carbons (Fsp3) is 0.846. The second kappa shape index (κ2) is 6.03. The number of rotatable bonds is 6. The highest BCUT2D eigenvalue weighted by Gasteiger charge is 2.42. The molecule has 0 bridgehead atoms. The summed E-state index contributed by atoms with van der Waals surface area (Å²) in [6.45, 7) is 7.76. The van der Waals surface area contributed by atoms with Crippen molar-refractivity contribution in [3.05, 3.63) is 0 Å². The molecule has 0 saturated heterocycles. The van der Waals surface area contributed by atoms with E-state index in [2.05, 4.69) is 10.6 Å². The molecule has 0 aliphatic rings. The van der Waals surface area contributed by atoms with E-state index < -0.39 is 10.8 Å². The summed E-state index contributed by atoms with van der Waals surface area (Å²) in [4.78, 5) is 23.9. The highest BCUT2D eigenvalue weighted by Crippen LogP contribution is 2.39. The Kier molecular flexibility index (Phi) is 5.66. The number of hydrogen-bond donors (Lipinski definition) is 2. The zero-order chi connectivity index (χ0) is 13.7. The molecule has 4 heteroatoms. The van der Waals surface area contributed by atoms with Crippen molar-refractivity contribution in [2.24, 2.45) is 10.8 Å². The Hall–Kier alpha value is -1.06. The number of carbonyl (C=O) groups is 2. The van der Waals surface area contributed by atoms with Crippen LogP contribution in [0.3, 0.4) is 0 Å². The zero-order valence-electron chi connectivity index (χ0n) is 11.9. The molecule has 0 atom stereocenters. The number of amides is 2. The second-order valence-corrected chi connectivity index (χ2v) is 5.21. The van der Waals surface area contributed by atoms with E-state index in [-0.39, 0.29) is 11.8 Å². The highest BCUT2D eigenvalue weighted by molar-refractivity contribution is 5.85. The Morgan fingerprint density at radius 1 is 0.941 bits per heavy atom. The largest absolute Gasteiger partial charge is 0.359 e. The van der Waals surface area contributed by atoms with Gasteiger partial charge < -0.3 is 10.6 Å². The van der Waals surface area contributed by atoms with E-state index >= 15 is 0 Å². The molecule has 0 unspecified atom stereocenters. The van der Waals surface area contributed by atoms with Gasteiger partial charge in [0, 0.05) is 24.9 Å². The predicted octanol–water partition coefficient (Wildman–Crippen LogP) is 1.70. The fourth-order valence-corrected chi connectivity index (χ4v) is 2.43. The van der Waals surface area contributed by atoms with Crippen LogP contribution < -0.4 is 10.6 Å². The lowest BCUT2D eigenvalue weighted by Gasteiger charge is -2.36. The lowest BCUT2D eigenvalue weighted by atomic mass is 9.68. The van der Waals surface area contributed by atoms with Crippen LogP contribution in [0.15, 0.2) is 0 Å². The molecule has 0 saturated carbocycles. The first kappa shape index (κ1) is 15.9. The van der Waals surface area contributed by atoms with Gasteiger partial charge in [0.1, 0.15) is 0 Å². The SMILES string of the molecule is CCC(CC)(CC(C)(C)C(=O)NC)C(=O)NC. The summed E-state index contributed by atoms with van der Waals surface area (Å²) >= 11 is 0. The number of nitrogens with one attached hydrogen (secondary N) is 2. The summed E-state index contributed by atoms with van der Waals surface area (Å²) in [6, 6.07) is 0. The molecule has 0 radical (unpaired) electrons. The molecule has 4 nitrogen and oxygen atoms in total. The van der Waals surface area contributed by atoms with Crippen molar-refractivity contribution in [2.45, 2.75) is 47.0 Å². The molecular weight excluding hydrogens is 216 g/mol. The summed E-state index contributed by atoms with van der Waals surface area (Å²) in [7, 11) is 3.28. The topological polar surface area (TPSA) is 58.2 Å². The van der Waals surface area contributed by atoms with E-state index in [9.17, 15) is 9.59 Å². The standard InChI is InChI=1S/C13H26N2O2/c1-7-13(8-2,11(17)15-6)9-12(3,4)10(16)14-5/h7-9H2,1-6H3,(H,14,16)(H,15,17). The normalized spacial score (nSPS) is 12.1. The van der Waals surface area contributed by atoms with Gasteiger partial charge in [0.2, 0.25) is 11.8 Å². The van der Waals surface area contributed by atoms with Gasteiger partial charge in [-0.2, -0.15) is 0 Å². The fourth-order valence-electron chi connectivity index (χ4n) is 2.43. The molecule has 17 heavy (non-hydrogen) atoms. The molecule has 0 aromatic carbocycles. The van der Waals surface area contributed by atoms with Gasteiger partial charge >= 0.3 is 0 Å². The van der Waals surface area contributed by atoms with Gasteiger partial charge in [0.05, 0.1) is 0 Å². The van der Waals surface area contributed by atoms with E-state index in [1.54, 1.807) is 14.1 Å².